The molecule has 1 aliphatic carbocycles. The lowest BCUT2D eigenvalue weighted by Gasteiger charge is -2.48. The predicted molar refractivity (Wildman–Crippen MR) is 89.5 cm³/mol. The number of hydrogen-bond donors (Lipinski definition) is 6. The molecule has 26 heavy (non-hydrogen) atoms. The van der Waals surface area contributed by atoms with Crippen molar-refractivity contribution in [2.45, 2.75) is 55.8 Å². The predicted octanol–water partition coefficient (Wildman–Crippen LogP) is -3.24. The molecule has 3 heterocycles. The fraction of sp³-hybridized carbons (Fsp3) is 0.800. The Kier molecular flexibility index (Phi) is 3.47. The lowest BCUT2D eigenvalue weighted by molar-refractivity contribution is -0.265. The molecule has 4 aliphatic rings. The van der Waals surface area contributed by atoms with Gasteiger partial charge in [-0.15, -0.1) is 0 Å². The van der Waals surface area contributed by atoms with Crippen molar-refractivity contribution < 1.29 is 24.9 Å². The van der Waals surface area contributed by atoms with Crippen LogP contribution in [0.5, 0.6) is 0 Å². The summed E-state index contributed by atoms with van der Waals surface area (Å²) in [5.41, 5.74) is 9.50. The maximum atomic E-state index is 12.5. The molecule has 0 aromatic heterocycles. The van der Waals surface area contributed by atoms with Crippen LogP contribution in [0, 0.1) is 5.41 Å². The molecule has 1 saturated heterocycles. The molecule has 0 radical (unpaired) electrons. The zero-order valence-corrected chi connectivity index (χ0v) is 14.4. The highest BCUT2D eigenvalue weighted by molar-refractivity contribution is 5.87. The van der Waals surface area contributed by atoms with E-state index in [4.69, 9.17) is 16.2 Å². The minimum atomic E-state index is -2.55. The van der Waals surface area contributed by atoms with Crippen molar-refractivity contribution in [3.63, 3.8) is 0 Å². The van der Waals surface area contributed by atoms with Crippen LogP contribution < -0.4 is 16.8 Å². The van der Waals surface area contributed by atoms with Crippen LogP contribution in [0.15, 0.2) is 9.98 Å². The van der Waals surface area contributed by atoms with E-state index in [-0.39, 0.29) is 18.5 Å². The lowest BCUT2D eigenvalue weighted by Crippen LogP contribution is -2.77. The van der Waals surface area contributed by atoms with E-state index >= 15 is 0 Å². The third-order valence-corrected chi connectivity index (χ3v) is 6.13. The summed E-state index contributed by atoms with van der Waals surface area (Å²) in [7, 11) is 0. The molecule has 144 valence electrons. The van der Waals surface area contributed by atoms with Crippen molar-refractivity contribution in [2.75, 3.05) is 13.2 Å². The smallest absolute Gasteiger partial charge is 0.312 e. The molecule has 3 aliphatic heterocycles. The molecule has 4 rings (SSSR count). The summed E-state index contributed by atoms with van der Waals surface area (Å²) in [5.74, 6) is -3.08. The number of aliphatic hydroxyl groups excluding tert-OH is 1. The summed E-state index contributed by atoms with van der Waals surface area (Å²) >= 11 is 0. The summed E-state index contributed by atoms with van der Waals surface area (Å²) in [4.78, 5) is 22.3. The normalized spacial score (nSPS) is 39.1. The summed E-state index contributed by atoms with van der Waals surface area (Å²) < 4.78 is 5.50. The first-order valence-corrected chi connectivity index (χ1v) is 8.65. The molecular formula is C15H24N6O5. The Balaban J connectivity index is 1.69. The van der Waals surface area contributed by atoms with Gasteiger partial charge in [0.1, 0.15) is 12.1 Å². The Bertz CT molecular complexity index is 705. The summed E-state index contributed by atoms with van der Waals surface area (Å²) in [6.45, 7) is 1.30. The molecule has 0 bridgehead atoms. The summed E-state index contributed by atoms with van der Waals surface area (Å²) in [5, 5.41) is 34.4. The van der Waals surface area contributed by atoms with Crippen LogP contribution in [-0.4, -0.2) is 80.9 Å². The molecule has 11 heteroatoms. The van der Waals surface area contributed by atoms with Crippen LogP contribution in [0.1, 0.15) is 26.2 Å². The van der Waals surface area contributed by atoms with Gasteiger partial charge in [-0.2, -0.15) is 0 Å². The second-order valence-electron chi connectivity index (χ2n) is 7.73. The van der Waals surface area contributed by atoms with Crippen LogP contribution in [0.2, 0.25) is 0 Å². The Morgan fingerprint density at radius 2 is 2.08 bits per heavy atom. The Hall–Kier alpha value is -2.11. The van der Waals surface area contributed by atoms with E-state index in [1.165, 1.54) is 4.90 Å². The van der Waals surface area contributed by atoms with Gasteiger partial charge >= 0.3 is 5.97 Å². The fourth-order valence-corrected chi connectivity index (χ4v) is 4.35. The van der Waals surface area contributed by atoms with E-state index < -0.39 is 47.6 Å². The number of aliphatic imine (C=N–C) groups is 2. The minimum Gasteiger partial charge on any atom is -0.454 e. The van der Waals surface area contributed by atoms with E-state index in [1.54, 1.807) is 6.92 Å². The number of nitrogens with zero attached hydrogens (tertiary/aromatic N) is 3. The third kappa shape index (κ3) is 1.96. The van der Waals surface area contributed by atoms with Gasteiger partial charge in [-0.1, -0.05) is 6.42 Å². The van der Waals surface area contributed by atoms with Gasteiger partial charge in [-0.25, -0.2) is 9.98 Å². The van der Waals surface area contributed by atoms with Crippen molar-refractivity contribution in [3.05, 3.63) is 0 Å². The molecule has 0 aromatic rings. The van der Waals surface area contributed by atoms with E-state index in [9.17, 15) is 20.1 Å². The van der Waals surface area contributed by atoms with E-state index in [2.05, 4.69) is 15.3 Å². The molecule has 4 atom stereocenters. The molecule has 11 nitrogen and oxygen atoms in total. The zero-order chi connectivity index (χ0) is 18.9. The topological polar surface area (TPSA) is 179 Å². The first-order chi connectivity index (χ1) is 12.2. The average molecular weight is 368 g/mol. The molecule has 0 amide bonds. The Labute approximate surface area is 149 Å². The van der Waals surface area contributed by atoms with E-state index in [0.29, 0.717) is 12.8 Å². The fourth-order valence-electron chi connectivity index (χ4n) is 4.35. The second kappa shape index (κ2) is 5.21. The highest BCUT2D eigenvalue weighted by Gasteiger charge is 2.74. The standard InChI is InChI=1S/C15H24N6O5/c1-13(3-2-4-13)10(23)26-8-5-21-12(17)18-7(6-22)9-14(21,15(8,24)25)20-11(16)19-9/h7-9,22,24-25H,2-6H2,1H3,(H2,17,18)(H3,16,19,20)/t7-,8-,9-,14-/m0/s1. The Morgan fingerprint density at radius 1 is 1.38 bits per heavy atom. The number of esters is 1. The van der Waals surface area contributed by atoms with Gasteiger partial charge in [0.15, 0.2) is 23.7 Å². The first-order valence-electron chi connectivity index (χ1n) is 8.65. The number of guanidine groups is 2. The van der Waals surface area contributed by atoms with Crippen LogP contribution >= 0.6 is 0 Å². The summed E-state index contributed by atoms with van der Waals surface area (Å²) in [6, 6.07) is -1.71. The quantitative estimate of drug-likeness (QED) is 0.220. The maximum Gasteiger partial charge on any atom is 0.312 e. The first kappa shape index (κ1) is 17.3. The third-order valence-electron chi connectivity index (χ3n) is 6.13. The van der Waals surface area contributed by atoms with Crippen molar-refractivity contribution in [2.24, 2.45) is 26.9 Å². The van der Waals surface area contributed by atoms with Crippen LogP contribution in [0.4, 0.5) is 0 Å². The highest BCUT2D eigenvalue weighted by atomic mass is 16.6. The van der Waals surface area contributed by atoms with Gasteiger partial charge in [0, 0.05) is 0 Å². The van der Waals surface area contributed by atoms with Crippen molar-refractivity contribution in [3.8, 4) is 0 Å². The monoisotopic (exact) mass is 368 g/mol. The molecule has 1 saturated carbocycles. The molecule has 0 aromatic carbocycles. The number of aliphatic hydroxyl groups is 3. The van der Waals surface area contributed by atoms with Crippen molar-refractivity contribution in [1.82, 2.24) is 10.2 Å². The average Bonchev–Trinajstić information content (AvgIpc) is 3.01. The van der Waals surface area contributed by atoms with Gasteiger partial charge < -0.3 is 41.7 Å². The number of carbonyl (C=O) groups is 1. The van der Waals surface area contributed by atoms with Gasteiger partial charge in [0.25, 0.3) is 0 Å². The van der Waals surface area contributed by atoms with Gasteiger partial charge in [0.05, 0.1) is 18.6 Å². The summed E-state index contributed by atoms with van der Waals surface area (Å²) in [6.07, 6.45) is 1.05. The van der Waals surface area contributed by atoms with Crippen LogP contribution in [0.3, 0.4) is 0 Å². The maximum absolute atomic E-state index is 12.5. The number of nitrogens with two attached hydrogens (primary N) is 2. The van der Waals surface area contributed by atoms with Gasteiger partial charge in [-0.3, -0.25) is 4.79 Å². The SMILES string of the molecule is CC1(C(=O)O[C@H]2CN3C(N)=N[C@@H](CO)[C@@H]4N=C(N)N[C@@]43C2(O)O)CCC1. The highest BCUT2D eigenvalue weighted by Crippen LogP contribution is 2.47. The number of rotatable bonds is 3. The van der Waals surface area contributed by atoms with Crippen LogP contribution in [0.25, 0.3) is 0 Å². The molecule has 0 unspecified atom stereocenters. The number of carbonyl (C=O) groups excluding carboxylic acids is 1. The van der Waals surface area contributed by atoms with Gasteiger partial charge in [0.2, 0.25) is 5.79 Å². The van der Waals surface area contributed by atoms with Crippen LogP contribution in [-0.2, 0) is 9.53 Å². The van der Waals surface area contributed by atoms with E-state index in [0.717, 1.165) is 6.42 Å². The second-order valence-corrected chi connectivity index (χ2v) is 7.73. The Morgan fingerprint density at radius 3 is 2.65 bits per heavy atom. The number of ether oxygens (including phenoxy) is 1. The molecule has 2 fully saturated rings. The van der Waals surface area contributed by atoms with E-state index in [1.807, 2.05) is 0 Å². The molecule has 1 spiro atoms. The molecular weight excluding hydrogens is 344 g/mol. The number of hydrogen-bond acceptors (Lipinski definition) is 11. The largest absolute Gasteiger partial charge is 0.454 e. The van der Waals surface area contributed by atoms with Gasteiger partial charge in [-0.05, 0) is 19.8 Å². The zero-order valence-electron chi connectivity index (χ0n) is 14.4. The lowest BCUT2D eigenvalue weighted by atomic mass is 9.70. The van der Waals surface area contributed by atoms with Crippen molar-refractivity contribution >= 4 is 17.9 Å². The van der Waals surface area contributed by atoms with Crippen molar-refractivity contribution in [1.29, 1.82) is 0 Å². The number of nitrogens with one attached hydrogen (secondary N) is 1. The minimum absolute atomic E-state index is 0.0152. The molecule has 8 N–H and O–H groups in total.